The predicted octanol–water partition coefficient (Wildman–Crippen LogP) is 5.68. The Labute approximate surface area is 240 Å². The standard InChI is InChI=1S/C31H40FN5O4/c1-19-14-22(15-20(2)40-19)24-16-25(21-8-10-23(32)11-9-21)34-37-17-26(33-27(24)37)28(38)36-13-12-35(18-31(36,6)7)29(39)41-30(3,4)5/h8-11,16-17,19-20,22H,12-15,18H2,1-7H3. The molecule has 3 aromatic rings. The minimum atomic E-state index is -0.636. The van der Waals surface area contributed by atoms with E-state index >= 15 is 0 Å². The van der Waals surface area contributed by atoms with Gasteiger partial charge in [0.15, 0.2) is 5.65 Å². The molecule has 2 saturated heterocycles. The van der Waals surface area contributed by atoms with Gasteiger partial charge in [-0.05, 0) is 97.6 Å². The molecule has 2 amide bonds. The second kappa shape index (κ2) is 10.7. The summed E-state index contributed by atoms with van der Waals surface area (Å²) in [6, 6.07) is 8.27. The van der Waals surface area contributed by atoms with Crippen molar-refractivity contribution in [3.8, 4) is 11.3 Å². The van der Waals surface area contributed by atoms with Crippen molar-refractivity contribution in [2.24, 2.45) is 0 Å². The Kier molecular flexibility index (Phi) is 7.57. The minimum absolute atomic E-state index is 0.0874. The molecule has 9 nitrogen and oxygen atoms in total. The number of rotatable bonds is 3. The van der Waals surface area contributed by atoms with Crippen LogP contribution in [0.3, 0.4) is 0 Å². The molecule has 0 saturated carbocycles. The number of halogens is 1. The van der Waals surface area contributed by atoms with E-state index in [2.05, 4.69) is 13.8 Å². The van der Waals surface area contributed by atoms with Crippen LogP contribution in [0.4, 0.5) is 9.18 Å². The molecule has 2 aliphatic rings. The number of piperazine rings is 1. The van der Waals surface area contributed by atoms with Gasteiger partial charge in [0.25, 0.3) is 5.91 Å². The summed E-state index contributed by atoms with van der Waals surface area (Å²) >= 11 is 0. The third-order valence-electron chi connectivity index (χ3n) is 7.75. The van der Waals surface area contributed by atoms with Crippen LogP contribution in [-0.4, -0.2) is 79.4 Å². The first-order chi connectivity index (χ1) is 19.2. The maximum Gasteiger partial charge on any atom is 0.410 e. The van der Waals surface area contributed by atoms with E-state index in [1.807, 2.05) is 40.7 Å². The molecule has 1 aromatic carbocycles. The Hall–Kier alpha value is -3.53. The average Bonchev–Trinajstić information content (AvgIpc) is 3.30. The number of nitrogens with zero attached hydrogens (tertiary/aromatic N) is 5. The Morgan fingerprint density at radius 1 is 1.07 bits per heavy atom. The maximum atomic E-state index is 13.9. The molecule has 0 radical (unpaired) electrons. The number of carbonyl (C=O) groups is 2. The molecule has 2 aliphatic heterocycles. The van der Waals surface area contributed by atoms with Gasteiger partial charge in [0.1, 0.15) is 17.1 Å². The summed E-state index contributed by atoms with van der Waals surface area (Å²) in [4.78, 5) is 34.9. The number of hydrogen-bond acceptors (Lipinski definition) is 6. The lowest BCUT2D eigenvalue weighted by Crippen LogP contribution is -2.62. The van der Waals surface area contributed by atoms with Crippen molar-refractivity contribution < 1.29 is 23.5 Å². The topological polar surface area (TPSA) is 89.3 Å². The van der Waals surface area contributed by atoms with E-state index in [4.69, 9.17) is 19.6 Å². The van der Waals surface area contributed by atoms with Crippen molar-refractivity contribution in [2.45, 2.75) is 90.6 Å². The summed E-state index contributed by atoms with van der Waals surface area (Å²) in [5.74, 6) is -0.364. The van der Waals surface area contributed by atoms with Gasteiger partial charge < -0.3 is 19.3 Å². The first-order valence-corrected chi connectivity index (χ1v) is 14.3. The fraction of sp³-hybridized carbons (Fsp3) is 0.548. The number of ether oxygens (including phenoxy) is 2. The normalized spacial score (nSPS) is 23.1. The maximum absolute atomic E-state index is 13.9. The third-order valence-corrected chi connectivity index (χ3v) is 7.75. The van der Waals surface area contributed by atoms with Crippen LogP contribution in [0.2, 0.25) is 0 Å². The van der Waals surface area contributed by atoms with Gasteiger partial charge in [-0.1, -0.05) is 0 Å². The molecule has 2 unspecified atom stereocenters. The summed E-state index contributed by atoms with van der Waals surface area (Å²) in [5.41, 5.74) is 2.16. The summed E-state index contributed by atoms with van der Waals surface area (Å²) < 4.78 is 26.9. The van der Waals surface area contributed by atoms with Crippen molar-refractivity contribution in [3.05, 3.63) is 53.6 Å². The number of hydrogen-bond donors (Lipinski definition) is 0. The highest BCUT2D eigenvalue weighted by Crippen LogP contribution is 2.37. The van der Waals surface area contributed by atoms with Crippen LogP contribution < -0.4 is 0 Å². The smallest absolute Gasteiger partial charge is 0.410 e. The van der Waals surface area contributed by atoms with Crippen molar-refractivity contribution in [2.75, 3.05) is 19.6 Å². The summed E-state index contributed by atoms with van der Waals surface area (Å²) in [5, 5.41) is 4.78. The fourth-order valence-electron chi connectivity index (χ4n) is 5.98. The lowest BCUT2D eigenvalue weighted by Gasteiger charge is -2.46. The number of benzene rings is 1. The third kappa shape index (κ3) is 6.22. The van der Waals surface area contributed by atoms with Crippen LogP contribution in [0.25, 0.3) is 16.9 Å². The molecule has 2 atom stereocenters. The summed E-state index contributed by atoms with van der Waals surface area (Å²) in [7, 11) is 0. The second-order valence-corrected chi connectivity index (χ2v) is 13.0. The van der Waals surface area contributed by atoms with E-state index in [0.717, 1.165) is 24.0 Å². The quantitative estimate of drug-likeness (QED) is 0.406. The first kappa shape index (κ1) is 29.0. The summed E-state index contributed by atoms with van der Waals surface area (Å²) in [6.45, 7) is 14.6. The molecule has 0 aliphatic carbocycles. The monoisotopic (exact) mass is 565 g/mol. The highest BCUT2D eigenvalue weighted by atomic mass is 19.1. The van der Waals surface area contributed by atoms with Gasteiger partial charge in [-0.25, -0.2) is 18.7 Å². The van der Waals surface area contributed by atoms with Gasteiger partial charge >= 0.3 is 6.09 Å². The van der Waals surface area contributed by atoms with Crippen LogP contribution in [0, 0.1) is 5.82 Å². The first-order valence-electron chi connectivity index (χ1n) is 14.3. The van der Waals surface area contributed by atoms with Crippen molar-refractivity contribution >= 4 is 17.6 Å². The van der Waals surface area contributed by atoms with Crippen LogP contribution in [-0.2, 0) is 9.47 Å². The molecule has 0 N–H and O–H groups in total. The molecule has 5 rings (SSSR count). The molecule has 41 heavy (non-hydrogen) atoms. The van der Waals surface area contributed by atoms with E-state index in [9.17, 15) is 14.0 Å². The van der Waals surface area contributed by atoms with E-state index in [0.29, 0.717) is 36.7 Å². The number of fused-ring (bicyclic) bond motifs is 1. The van der Waals surface area contributed by atoms with E-state index in [1.54, 1.807) is 32.6 Å². The van der Waals surface area contributed by atoms with Gasteiger partial charge in [0, 0.05) is 30.8 Å². The zero-order valence-electron chi connectivity index (χ0n) is 25.0. The lowest BCUT2D eigenvalue weighted by molar-refractivity contribution is -0.0378. The zero-order chi connectivity index (χ0) is 29.7. The molecule has 0 bridgehead atoms. The lowest BCUT2D eigenvalue weighted by atomic mass is 9.86. The summed E-state index contributed by atoms with van der Waals surface area (Å²) in [6.07, 6.45) is 3.11. The molecule has 10 heteroatoms. The van der Waals surface area contributed by atoms with Gasteiger partial charge in [-0.3, -0.25) is 4.79 Å². The average molecular weight is 566 g/mol. The molecular weight excluding hydrogens is 525 g/mol. The highest BCUT2D eigenvalue weighted by Gasteiger charge is 2.41. The molecule has 2 aromatic heterocycles. The number of imidazole rings is 1. The highest BCUT2D eigenvalue weighted by molar-refractivity contribution is 5.94. The van der Waals surface area contributed by atoms with Gasteiger partial charge in [0.05, 0.1) is 29.6 Å². The Morgan fingerprint density at radius 2 is 1.73 bits per heavy atom. The van der Waals surface area contributed by atoms with Crippen molar-refractivity contribution in [3.63, 3.8) is 0 Å². The van der Waals surface area contributed by atoms with Crippen LogP contribution in [0.1, 0.15) is 83.3 Å². The van der Waals surface area contributed by atoms with E-state index in [1.165, 1.54) is 12.1 Å². The van der Waals surface area contributed by atoms with Crippen LogP contribution >= 0.6 is 0 Å². The molecular formula is C31H40FN5O4. The minimum Gasteiger partial charge on any atom is -0.444 e. The SMILES string of the molecule is CC1CC(c2cc(-c3ccc(F)cc3)nn3cc(C(=O)N4CCN(C(=O)OC(C)(C)C)CC4(C)C)nc23)CC(C)O1. The largest absolute Gasteiger partial charge is 0.444 e. The van der Waals surface area contributed by atoms with E-state index < -0.39 is 11.1 Å². The predicted molar refractivity (Wildman–Crippen MR) is 153 cm³/mol. The Morgan fingerprint density at radius 3 is 2.34 bits per heavy atom. The fourth-order valence-corrected chi connectivity index (χ4v) is 5.98. The van der Waals surface area contributed by atoms with Gasteiger partial charge in [0.2, 0.25) is 0 Å². The van der Waals surface area contributed by atoms with Crippen molar-refractivity contribution in [1.82, 2.24) is 24.4 Å². The molecule has 220 valence electrons. The number of carbonyl (C=O) groups excluding carboxylic acids is 2. The molecule has 4 heterocycles. The molecule has 0 spiro atoms. The van der Waals surface area contributed by atoms with Crippen molar-refractivity contribution in [1.29, 1.82) is 0 Å². The van der Waals surface area contributed by atoms with Crippen LogP contribution in [0.15, 0.2) is 36.5 Å². The van der Waals surface area contributed by atoms with Crippen LogP contribution in [0.5, 0.6) is 0 Å². The number of aromatic nitrogens is 3. The van der Waals surface area contributed by atoms with Gasteiger partial charge in [-0.2, -0.15) is 5.10 Å². The number of amides is 2. The zero-order valence-corrected chi connectivity index (χ0v) is 25.0. The van der Waals surface area contributed by atoms with Gasteiger partial charge in [-0.15, -0.1) is 0 Å². The van der Waals surface area contributed by atoms with E-state index in [-0.39, 0.29) is 35.9 Å². The second-order valence-electron chi connectivity index (χ2n) is 13.0. The Bertz CT molecular complexity index is 1440. The molecule has 2 fully saturated rings. The Balaban J connectivity index is 1.48.